The third-order valence-electron chi connectivity index (χ3n) is 3.45. The maximum atomic E-state index is 12.1. The Labute approximate surface area is 157 Å². The van der Waals surface area contributed by atoms with Crippen molar-refractivity contribution in [2.45, 2.75) is 5.16 Å². The number of anilines is 1. The predicted octanol–water partition coefficient (Wildman–Crippen LogP) is 3.77. The van der Waals surface area contributed by atoms with Crippen LogP contribution in [0.4, 0.5) is 5.69 Å². The fourth-order valence-corrected chi connectivity index (χ4v) is 3.19. The molecule has 3 heterocycles. The van der Waals surface area contributed by atoms with Crippen LogP contribution < -0.4 is 5.32 Å². The highest BCUT2D eigenvalue weighted by Gasteiger charge is 2.12. The molecule has 4 aromatic rings. The molecule has 0 saturated carbocycles. The number of rotatable bonds is 5. The Kier molecular flexibility index (Phi) is 4.59. The fraction of sp³-hybridized carbons (Fsp3) is 0.0588. The highest BCUT2D eigenvalue weighted by atomic mass is 35.5. The maximum absolute atomic E-state index is 12.1. The van der Waals surface area contributed by atoms with E-state index in [-0.39, 0.29) is 11.7 Å². The third kappa shape index (κ3) is 3.56. The molecule has 1 amide bonds. The van der Waals surface area contributed by atoms with Gasteiger partial charge in [0.05, 0.1) is 12.0 Å². The minimum Gasteiger partial charge on any atom is -0.463 e. The lowest BCUT2D eigenvalue weighted by molar-refractivity contribution is -0.113. The van der Waals surface area contributed by atoms with Crippen molar-refractivity contribution in [1.29, 1.82) is 0 Å². The van der Waals surface area contributed by atoms with E-state index in [1.165, 1.54) is 11.8 Å². The SMILES string of the molecule is O=C(CSc1nnc2ccc(-c3ccco3)nn12)Nc1cccc(Cl)c1. The monoisotopic (exact) mass is 385 g/mol. The van der Waals surface area contributed by atoms with Crippen LogP contribution in [-0.4, -0.2) is 31.5 Å². The van der Waals surface area contributed by atoms with Gasteiger partial charge in [-0.2, -0.15) is 9.61 Å². The summed E-state index contributed by atoms with van der Waals surface area (Å²) in [6.07, 6.45) is 1.59. The topological polar surface area (TPSA) is 85.3 Å². The van der Waals surface area contributed by atoms with Gasteiger partial charge in [-0.15, -0.1) is 10.2 Å². The molecule has 3 aromatic heterocycles. The number of furan rings is 1. The molecule has 0 spiro atoms. The lowest BCUT2D eigenvalue weighted by Crippen LogP contribution is -2.14. The average Bonchev–Trinajstić information content (AvgIpc) is 3.29. The fourth-order valence-electron chi connectivity index (χ4n) is 2.31. The van der Waals surface area contributed by atoms with Gasteiger partial charge in [0.1, 0.15) is 5.69 Å². The number of thioether (sulfide) groups is 1. The van der Waals surface area contributed by atoms with Crippen LogP contribution in [0.5, 0.6) is 0 Å². The van der Waals surface area contributed by atoms with Crippen LogP contribution in [0.1, 0.15) is 0 Å². The van der Waals surface area contributed by atoms with Gasteiger partial charge in [0, 0.05) is 10.7 Å². The van der Waals surface area contributed by atoms with Crippen LogP contribution in [0.2, 0.25) is 5.02 Å². The van der Waals surface area contributed by atoms with Crippen molar-refractivity contribution in [2.24, 2.45) is 0 Å². The van der Waals surface area contributed by atoms with Crippen molar-refractivity contribution < 1.29 is 9.21 Å². The van der Waals surface area contributed by atoms with E-state index in [4.69, 9.17) is 16.0 Å². The van der Waals surface area contributed by atoms with E-state index in [0.717, 1.165) is 0 Å². The van der Waals surface area contributed by atoms with Gasteiger partial charge in [0.15, 0.2) is 11.4 Å². The lowest BCUT2D eigenvalue weighted by atomic mass is 10.3. The number of carbonyl (C=O) groups is 1. The molecule has 0 fully saturated rings. The molecule has 0 saturated heterocycles. The van der Waals surface area contributed by atoms with Crippen molar-refractivity contribution in [3.63, 3.8) is 0 Å². The molecular weight excluding hydrogens is 374 g/mol. The van der Waals surface area contributed by atoms with Gasteiger partial charge in [0.2, 0.25) is 11.1 Å². The van der Waals surface area contributed by atoms with E-state index in [2.05, 4.69) is 20.6 Å². The molecule has 0 atom stereocenters. The molecule has 0 aliphatic heterocycles. The average molecular weight is 386 g/mol. The van der Waals surface area contributed by atoms with Crippen molar-refractivity contribution in [1.82, 2.24) is 19.8 Å². The lowest BCUT2D eigenvalue weighted by Gasteiger charge is -2.05. The Balaban J connectivity index is 1.48. The summed E-state index contributed by atoms with van der Waals surface area (Å²) in [6, 6.07) is 14.2. The largest absolute Gasteiger partial charge is 0.463 e. The summed E-state index contributed by atoms with van der Waals surface area (Å²) in [6.45, 7) is 0. The summed E-state index contributed by atoms with van der Waals surface area (Å²) in [4.78, 5) is 12.1. The van der Waals surface area contributed by atoms with Crippen molar-refractivity contribution in [3.05, 3.63) is 59.8 Å². The Hall–Kier alpha value is -2.84. The van der Waals surface area contributed by atoms with Gasteiger partial charge in [-0.25, -0.2) is 0 Å². The van der Waals surface area contributed by atoms with Gasteiger partial charge in [-0.3, -0.25) is 4.79 Å². The highest BCUT2D eigenvalue weighted by Crippen LogP contribution is 2.21. The molecule has 0 bridgehead atoms. The van der Waals surface area contributed by atoms with E-state index < -0.39 is 0 Å². The van der Waals surface area contributed by atoms with Crippen molar-refractivity contribution >= 4 is 40.6 Å². The van der Waals surface area contributed by atoms with E-state index >= 15 is 0 Å². The molecule has 130 valence electrons. The summed E-state index contributed by atoms with van der Waals surface area (Å²) < 4.78 is 6.95. The van der Waals surface area contributed by atoms with Gasteiger partial charge in [-0.1, -0.05) is 29.4 Å². The standard InChI is InChI=1S/C17H12ClN5O2S/c18-11-3-1-4-12(9-11)19-16(24)10-26-17-21-20-15-7-6-13(22-23(15)17)14-5-2-8-25-14/h1-9H,10H2,(H,19,24). The van der Waals surface area contributed by atoms with E-state index in [9.17, 15) is 4.79 Å². The van der Waals surface area contributed by atoms with Crippen LogP contribution >= 0.6 is 23.4 Å². The summed E-state index contributed by atoms with van der Waals surface area (Å²) in [5, 5.41) is 16.5. The third-order valence-corrected chi connectivity index (χ3v) is 4.60. The minimum atomic E-state index is -0.170. The highest BCUT2D eigenvalue weighted by molar-refractivity contribution is 7.99. The molecule has 1 N–H and O–H groups in total. The van der Waals surface area contributed by atoms with E-state index in [1.54, 1.807) is 47.2 Å². The Morgan fingerprint density at radius 3 is 2.92 bits per heavy atom. The first-order chi connectivity index (χ1) is 12.7. The second kappa shape index (κ2) is 7.19. The number of hydrogen-bond acceptors (Lipinski definition) is 6. The Morgan fingerprint density at radius 1 is 1.19 bits per heavy atom. The van der Waals surface area contributed by atoms with E-state index in [0.29, 0.717) is 33.0 Å². The maximum Gasteiger partial charge on any atom is 0.234 e. The molecule has 9 heteroatoms. The number of nitrogens with zero attached hydrogens (tertiary/aromatic N) is 4. The van der Waals surface area contributed by atoms with Gasteiger partial charge in [-0.05, 0) is 42.5 Å². The van der Waals surface area contributed by atoms with Gasteiger partial charge < -0.3 is 9.73 Å². The van der Waals surface area contributed by atoms with Crippen LogP contribution in [0.15, 0.2) is 64.4 Å². The number of fused-ring (bicyclic) bond motifs is 1. The van der Waals surface area contributed by atoms with Crippen LogP contribution in [0.3, 0.4) is 0 Å². The molecule has 26 heavy (non-hydrogen) atoms. The number of hydrogen-bond donors (Lipinski definition) is 1. The van der Waals surface area contributed by atoms with Crippen molar-refractivity contribution in [2.75, 3.05) is 11.1 Å². The molecular formula is C17H12ClN5O2S. The zero-order valence-corrected chi connectivity index (χ0v) is 14.9. The molecule has 4 rings (SSSR count). The van der Waals surface area contributed by atoms with Crippen LogP contribution in [-0.2, 0) is 4.79 Å². The Bertz CT molecular complexity index is 1060. The van der Waals surface area contributed by atoms with Gasteiger partial charge in [0.25, 0.3) is 0 Å². The first-order valence-corrected chi connectivity index (χ1v) is 9.00. The van der Waals surface area contributed by atoms with Crippen LogP contribution in [0.25, 0.3) is 17.1 Å². The van der Waals surface area contributed by atoms with E-state index in [1.807, 2.05) is 12.1 Å². The number of aromatic nitrogens is 4. The molecule has 0 aliphatic carbocycles. The number of amides is 1. The summed E-state index contributed by atoms with van der Waals surface area (Å²) in [5.41, 5.74) is 1.90. The second-order valence-electron chi connectivity index (χ2n) is 5.30. The summed E-state index contributed by atoms with van der Waals surface area (Å²) in [7, 11) is 0. The summed E-state index contributed by atoms with van der Waals surface area (Å²) in [5.74, 6) is 0.645. The normalized spacial score (nSPS) is 11.0. The zero-order chi connectivity index (χ0) is 17.9. The Morgan fingerprint density at radius 2 is 2.12 bits per heavy atom. The molecule has 7 nitrogen and oxygen atoms in total. The first kappa shape index (κ1) is 16.6. The number of carbonyl (C=O) groups excluding carboxylic acids is 1. The van der Waals surface area contributed by atoms with Crippen LogP contribution in [0, 0.1) is 0 Å². The molecule has 0 aliphatic rings. The second-order valence-corrected chi connectivity index (χ2v) is 6.67. The first-order valence-electron chi connectivity index (χ1n) is 7.63. The molecule has 0 radical (unpaired) electrons. The quantitative estimate of drug-likeness (QED) is 0.526. The number of nitrogens with one attached hydrogen (secondary N) is 1. The summed E-state index contributed by atoms with van der Waals surface area (Å²) >= 11 is 7.16. The van der Waals surface area contributed by atoms with Crippen molar-refractivity contribution in [3.8, 4) is 11.5 Å². The smallest absolute Gasteiger partial charge is 0.234 e. The molecule has 0 unspecified atom stereocenters. The van der Waals surface area contributed by atoms with Gasteiger partial charge >= 0.3 is 0 Å². The predicted molar refractivity (Wildman–Crippen MR) is 99.3 cm³/mol. The zero-order valence-electron chi connectivity index (χ0n) is 13.3. The minimum absolute atomic E-state index is 0.167. The number of benzene rings is 1. The number of halogens is 1. The molecule has 1 aromatic carbocycles.